The highest BCUT2D eigenvalue weighted by atomic mass is 32.1. The largest absolute Gasteiger partial charge is 0.491 e. The number of allylic oxidation sites excluding steroid dienone is 1. The van der Waals surface area contributed by atoms with Gasteiger partial charge in [0.05, 0.1) is 29.0 Å². The lowest BCUT2D eigenvalue weighted by atomic mass is 9.95. The van der Waals surface area contributed by atoms with Gasteiger partial charge in [-0.2, -0.15) is 0 Å². The van der Waals surface area contributed by atoms with Crippen LogP contribution in [0.3, 0.4) is 0 Å². The summed E-state index contributed by atoms with van der Waals surface area (Å²) in [6, 6.07) is 14.7. The molecule has 5 rings (SSSR count). The molecule has 7 nitrogen and oxygen atoms in total. The summed E-state index contributed by atoms with van der Waals surface area (Å²) in [5.41, 5.74) is 3.22. The molecular weight excluding hydrogens is 462 g/mol. The van der Waals surface area contributed by atoms with E-state index in [1.807, 2.05) is 74.7 Å². The van der Waals surface area contributed by atoms with E-state index in [1.54, 1.807) is 11.5 Å². The van der Waals surface area contributed by atoms with Crippen LogP contribution in [0, 0.1) is 0 Å². The summed E-state index contributed by atoms with van der Waals surface area (Å²) in [6.45, 7) is 5.64. The number of methoxy groups -OCH3 is 1. The van der Waals surface area contributed by atoms with Gasteiger partial charge in [0.25, 0.3) is 5.56 Å². The zero-order valence-electron chi connectivity index (χ0n) is 19.9. The predicted octanol–water partition coefficient (Wildman–Crippen LogP) is 3.68. The van der Waals surface area contributed by atoms with Gasteiger partial charge in [0, 0.05) is 28.2 Å². The molecule has 2 aromatic carbocycles. The number of rotatable bonds is 5. The molecule has 3 heterocycles. The maximum atomic E-state index is 13.8. The molecule has 1 aliphatic rings. The minimum atomic E-state index is -0.723. The summed E-state index contributed by atoms with van der Waals surface area (Å²) in [6.07, 6.45) is 3.67. The van der Waals surface area contributed by atoms with Crippen molar-refractivity contribution in [1.82, 2.24) is 9.55 Å². The first kappa shape index (κ1) is 22.9. The molecule has 2 aromatic heterocycles. The summed E-state index contributed by atoms with van der Waals surface area (Å²) < 4.78 is 13.3. The fourth-order valence-corrected chi connectivity index (χ4v) is 5.45. The van der Waals surface area contributed by atoms with Crippen LogP contribution < -0.4 is 19.6 Å². The number of benzene rings is 2. The molecular formula is C27H25N3O4S. The van der Waals surface area contributed by atoms with E-state index in [0.29, 0.717) is 31.9 Å². The molecule has 8 heteroatoms. The van der Waals surface area contributed by atoms with Crippen molar-refractivity contribution in [3.8, 4) is 5.75 Å². The molecule has 35 heavy (non-hydrogen) atoms. The Labute approximate surface area is 205 Å². The van der Waals surface area contributed by atoms with E-state index in [0.717, 1.165) is 16.5 Å². The Hall–Kier alpha value is -3.91. The van der Waals surface area contributed by atoms with Crippen molar-refractivity contribution in [2.45, 2.75) is 32.9 Å². The third-order valence-electron chi connectivity index (χ3n) is 5.91. The molecule has 0 amide bonds. The molecule has 0 spiro atoms. The van der Waals surface area contributed by atoms with Crippen LogP contribution >= 0.6 is 11.3 Å². The first-order valence-electron chi connectivity index (χ1n) is 11.3. The van der Waals surface area contributed by atoms with E-state index < -0.39 is 12.0 Å². The number of carbonyl (C=O) groups is 1. The Morgan fingerprint density at radius 2 is 1.91 bits per heavy atom. The third kappa shape index (κ3) is 4.00. The van der Waals surface area contributed by atoms with Gasteiger partial charge in [-0.3, -0.25) is 9.36 Å². The number of nitrogens with one attached hydrogen (secondary N) is 1. The summed E-state index contributed by atoms with van der Waals surface area (Å²) in [7, 11) is 1.33. The summed E-state index contributed by atoms with van der Waals surface area (Å²) in [5.74, 6) is 0.0799. The highest BCUT2D eigenvalue weighted by Crippen LogP contribution is 2.36. The lowest BCUT2D eigenvalue weighted by Gasteiger charge is -2.26. The number of ether oxygens (including phenoxy) is 2. The Bertz CT molecular complexity index is 1660. The number of carbonyl (C=O) groups excluding carboxylic acids is 1. The molecule has 1 N–H and O–H groups in total. The van der Waals surface area contributed by atoms with Gasteiger partial charge in [-0.15, -0.1) is 0 Å². The highest BCUT2D eigenvalue weighted by Gasteiger charge is 2.34. The molecule has 0 saturated heterocycles. The number of aromatic amines is 1. The van der Waals surface area contributed by atoms with E-state index in [-0.39, 0.29) is 11.7 Å². The van der Waals surface area contributed by atoms with Crippen molar-refractivity contribution in [3.05, 3.63) is 96.8 Å². The quantitative estimate of drug-likeness (QED) is 0.435. The van der Waals surface area contributed by atoms with Gasteiger partial charge < -0.3 is 14.5 Å². The zero-order valence-corrected chi connectivity index (χ0v) is 20.7. The maximum Gasteiger partial charge on any atom is 0.338 e. The fourth-order valence-electron chi connectivity index (χ4n) is 4.41. The van der Waals surface area contributed by atoms with Gasteiger partial charge >= 0.3 is 5.97 Å². The number of para-hydroxylation sites is 2. The molecule has 0 radical (unpaired) electrons. The summed E-state index contributed by atoms with van der Waals surface area (Å²) >= 11 is 1.30. The number of H-pyrrole nitrogens is 1. The second-order valence-electron chi connectivity index (χ2n) is 8.57. The normalized spacial score (nSPS) is 15.9. The summed E-state index contributed by atoms with van der Waals surface area (Å²) in [5, 5.41) is 1.02. The first-order valence-corrected chi connectivity index (χ1v) is 12.1. The van der Waals surface area contributed by atoms with Gasteiger partial charge in [0.2, 0.25) is 0 Å². The van der Waals surface area contributed by atoms with Crippen LogP contribution in [0.2, 0.25) is 0 Å². The monoisotopic (exact) mass is 487 g/mol. The fraction of sp³-hybridized carbons (Fsp3) is 0.222. The van der Waals surface area contributed by atoms with Crippen LogP contribution in [-0.2, 0) is 9.53 Å². The molecule has 1 atom stereocenters. The van der Waals surface area contributed by atoms with E-state index in [2.05, 4.69) is 9.98 Å². The van der Waals surface area contributed by atoms with Crippen LogP contribution in [0.4, 0.5) is 0 Å². The van der Waals surface area contributed by atoms with Crippen LogP contribution in [0.1, 0.15) is 37.9 Å². The van der Waals surface area contributed by atoms with Crippen molar-refractivity contribution in [3.63, 3.8) is 0 Å². The average Bonchev–Trinajstić information content (AvgIpc) is 3.38. The third-order valence-corrected chi connectivity index (χ3v) is 6.89. The highest BCUT2D eigenvalue weighted by molar-refractivity contribution is 7.07. The van der Waals surface area contributed by atoms with Gasteiger partial charge in [0.1, 0.15) is 11.8 Å². The lowest BCUT2D eigenvalue weighted by Crippen LogP contribution is -2.40. The van der Waals surface area contributed by atoms with Crippen molar-refractivity contribution in [2.24, 2.45) is 4.99 Å². The van der Waals surface area contributed by atoms with E-state index in [9.17, 15) is 9.59 Å². The number of thiazole rings is 1. The topological polar surface area (TPSA) is 85.7 Å². The number of aromatic nitrogens is 2. The van der Waals surface area contributed by atoms with Gasteiger partial charge in [0.15, 0.2) is 4.80 Å². The second kappa shape index (κ2) is 9.03. The average molecular weight is 488 g/mol. The number of fused-ring (bicyclic) bond motifs is 2. The van der Waals surface area contributed by atoms with E-state index in [4.69, 9.17) is 9.47 Å². The predicted molar refractivity (Wildman–Crippen MR) is 136 cm³/mol. The Morgan fingerprint density at radius 3 is 2.69 bits per heavy atom. The minimum absolute atomic E-state index is 0.0829. The molecule has 0 fully saturated rings. The van der Waals surface area contributed by atoms with Crippen LogP contribution in [-0.4, -0.2) is 28.7 Å². The molecule has 0 aliphatic carbocycles. The summed E-state index contributed by atoms with van der Waals surface area (Å²) in [4.78, 5) is 35.1. The molecule has 0 saturated carbocycles. The number of nitrogens with zero attached hydrogens (tertiary/aromatic N) is 2. The minimum Gasteiger partial charge on any atom is -0.491 e. The number of hydrogen-bond acceptors (Lipinski definition) is 6. The van der Waals surface area contributed by atoms with Gasteiger partial charge in [-0.05, 0) is 39.0 Å². The van der Waals surface area contributed by atoms with Crippen molar-refractivity contribution in [2.75, 3.05) is 7.11 Å². The molecule has 1 aliphatic heterocycles. The maximum absolute atomic E-state index is 13.8. The smallest absolute Gasteiger partial charge is 0.338 e. The van der Waals surface area contributed by atoms with E-state index >= 15 is 0 Å². The molecule has 178 valence electrons. The Morgan fingerprint density at radius 1 is 1.17 bits per heavy atom. The van der Waals surface area contributed by atoms with Crippen molar-refractivity contribution < 1.29 is 14.3 Å². The van der Waals surface area contributed by atoms with Gasteiger partial charge in [-0.25, -0.2) is 9.79 Å². The van der Waals surface area contributed by atoms with Crippen molar-refractivity contribution in [1.29, 1.82) is 0 Å². The lowest BCUT2D eigenvalue weighted by molar-refractivity contribution is -0.136. The van der Waals surface area contributed by atoms with Crippen LogP contribution in [0.25, 0.3) is 17.0 Å². The second-order valence-corrected chi connectivity index (χ2v) is 9.58. The Kier molecular flexibility index (Phi) is 5.90. The number of esters is 1. The number of hydrogen-bond donors (Lipinski definition) is 1. The van der Waals surface area contributed by atoms with Gasteiger partial charge in [-0.1, -0.05) is 47.7 Å². The molecule has 0 unspecified atom stereocenters. The standard InChI is InChI=1S/C27H25N3O4S/c1-15(2)34-21-12-8-6-10-19(21)24-23(26(32)33-4)16(3)29-27-30(24)25(31)22(35-27)13-17-14-28-20-11-7-5-9-18(17)20/h5-15,24,28H,1-4H3/b22-13-/t24-/m0/s1. The van der Waals surface area contributed by atoms with Crippen molar-refractivity contribution >= 4 is 34.3 Å². The van der Waals surface area contributed by atoms with Crippen LogP contribution in [0.15, 0.2) is 75.8 Å². The molecule has 0 bridgehead atoms. The SMILES string of the molecule is COC(=O)C1=C(C)N=c2s/c(=C\c3c[nH]c4ccccc34)c(=O)n2[C@H]1c1ccccc1OC(C)C. The van der Waals surface area contributed by atoms with Crippen LogP contribution in [0.5, 0.6) is 5.75 Å². The zero-order chi connectivity index (χ0) is 24.7. The first-order chi connectivity index (χ1) is 16.9. The van der Waals surface area contributed by atoms with E-state index in [1.165, 1.54) is 18.4 Å². The molecule has 4 aromatic rings. The Balaban J connectivity index is 1.77.